The van der Waals surface area contributed by atoms with E-state index in [-0.39, 0.29) is 49.7 Å². The molecule has 3 aliphatic rings. The molecule has 4 atom stereocenters. The van der Waals surface area contributed by atoms with E-state index in [1.54, 1.807) is 81.6 Å². The first-order chi connectivity index (χ1) is 26.5. The maximum Gasteiger partial charge on any atom is 0.347 e. The third kappa shape index (κ3) is 5.16. The van der Waals surface area contributed by atoms with Gasteiger partial charge in [-0.15, -0.1) is 0 Å². The number of carbonyl (C=O) groups is 2. The Labute approximate surface area is 314 Å². The molecule has 2 aliphatic heterocycles. The second-order valence-corrected chi connectivity index (χ2v) is 14.2. The number of phenolic OH excluding ortho intramolecular Hbond substituents is 1. The Hall–Kier alpha value is -6.38. The van der Waals surface area contributed by atoms with Crippen molar-refractivity contribution in [2.75, 3.05) is 25.7 Å². The van der Waals surface area contributed by atoms with Crippen LogP contribution in [0.2, 0.25) is 0 Å². The summed E-state index contributed by atoms with van der Waals surface area (Å²) in [7, 11) is 4.60. The molecule has 2 amide bonds. The van der Waals surface area contributed by atoms with Crippen molar-refractivity contribution in [1.82, 2.24) is 23.5 Å². The molecule has 0 radical (unpaired) electrons. The number of aromatic nitrogens is 5. The number of para-hydroxylation sites is 2. The highest BCUT2D eigenvalue weighted by molar-refractivity contribution is 6.24. The number of imide groups is 1. The summed E-state index contributed by atoms with van der Waals surface area (Å²) in [6.45, 7) is 3.67. The fraction of sp³-hybridized carbons (Fsp3) is 0.350. The molecule has 5 aromatic rings. The lowest BCUT2D eigenvalue weighted by Gasteiger charge is -2.47. The number of carbonyl (C=O) groups excluding carboxylic acids is 2. The Bertz CT molecular complexity index is 2620. The molecule has 55 heavy (non-hydrogen) atoms. The van der Waals surface area contributed by atoms with Crippen molar-refractivity contribution in [3.8, 4) is 23.0 Å². The lowest BCUT2D eigenvalue weighted by Crippen LogP contribution is -2.49. The smallest absolute Gasteiger partial charge is 0.347 e. The van der Waals surface area contributed by atoms with Crippen LogP contribution in [0.3, 0.4) is 0 Å². The van der Waals surface area contributed by atoms with Gasteiger partial charge in [0.15, 0.2) is 23.0 Å². The molecule has 1 N–H and O–H groups in total. The van der Waals surface area contributed by atoms with Crippen LogP contribution in [0.25, 0.3) is 11.0 Å². The summed E-state index contributed by atoms with van der Waals surface area (Å²) in [5, 5.41) is 11.6. The van der Waals surface area contributed by atoms with Gasteiger partial charge < -0.3 is 23.9 Å². The van der Waals surface area contributed by atoms with Crippen LogP contribution in [0.1, 0.15) is 43.5 Å². The number of methoxy groups -OCH3 is 2. The first-order valence-electron chi connectivity index (χ1n) is 18.1. The lowest BCUT2D eigenvalue weighted by atomic mass is 9.56. The molecule has 0 bridgehead atoms. The quantitative estimate of drug-likeness (QED) is 0.175. The lowest BCUT2D eigenvalue weighted by molar-refractivity contribution is -0.129. The molecule has 4 unspecified atom stereocenters. The van der Waals surface area contributed by atoms with Crippen molar-refractivity contribution < 1.29 is 28.9 Å². The van der Waals surface area contributed by atoms with Crippen LogP contribution in [-0.4, -0.2) is 61.2 Å². The van der Waals surface area contributed by atoms with Gasteiger partial charge in [-0.1, -0.05) is 36.4 Å². The highest BCUT2D eigenvalue weighted by Crippen LogP contribution is 2.62. The zero-order valence-electron chi connectivity index (χ0n) is 31.0. The number of amides is 2. The van der Waals surface area contributed by atoms with Gasteiger partial charge in [-0.2, -0.15) is 0 Å². The number of fused-ring (bicyclic) bond motifs is 5. The van der Waals surface area contributed by atoms with E-state index in [2.05, 4.69) is 4.98 Å². The maximum atomic E-state index is 14.6. The minimum absolute atomic E-state index is 0.00177. The van der Waals surface area contributed by atoms with Gasteiger partial charge in [0.05, 0.1) is 61.5 Å². The Morgan fingerprint density at radius 3 is 2.36 bits per heavy atom. The van der Waals surface area contributed by atoms with Crippen LogP contribution in [0.4, 0.5) is 5.69 Å². The van der Waals surface area contributed by atoms with Crippen molar-refractivity contribution in [3.05, 3.63) is 115 Å². The third-order valence-electron chi connectivity index (χ3n) is 11.5. The number of aryl methyl sites for hydroxylation is 2. The number of benzene rings is 3. The number of nitrogens with zero attached hydrogens (tertiary/aromatic N) is 6. The van der Waals surface area contributed by atoms with Crippen LogP contribution in [-0.2, 0) is 36.1 Å². The molecular weight excluding hydrogens is 708 g/mol. The average Bonchev–Trinajstić information content (AvgIpc) is 3.55. The second-order valence-electron chi connectivity index (χ2n) is 14.2. The molecule has 0 spiro atoms. The van der Waals surface area contributed by atoms with E-state index in [1.165, 1.54) is 33.1 Å². The Kier molecular flexibility index (Phi) is 8.54. The van der Waals surface area contributed by atoms with E-state index < -0.39 is 52.0 Å². The molecular formula is C40H40N6O9. The number of aromatic hydroxyl groups is 1. The van der Waals surface area contributed by atoms with E-state index in [1.807, 2.05) is 6.08 Å². The maximum absolute atomic E-state index is 14.6. The van der Waals surface area contributed by atoms with E-state index in [4.69, 9.17) is 14.2 Å². The number of ether oxygens (including phenoxy) is 3. The van der Waals surface area contributed by atoms with Crippen LogP contribution < -0.4 is 36.0 Å². The third-order valence-corrected chi connectivity index (χ3v) is 11.5. The summed E-state index contributed by atoms with van der Waals surface area (Å²) < 4.78 is 21.7. The van der Waals surface area contributed by atoms with Crippen LogP contribution in [0.15, 0.2) is 86.7 Å². The van der Waals surface area contributed by atoms with Crippen molar-refractivity contribution >= 4 is 28.5 Å². The van der Waals surface area contributed by atoms with E-state index in [0.29, 0.717) is 39.4 Å². The highest BCUT2D eigenvalue weighted by Gasteiger charge is 2.65. The van der Waals surface area contributed by atoms with Gasteiger partial charge in [-0.3, -0.25) is 14.4 Å². The minimum Gasteiger partial charge on any atom is -0.504 e. The molecule has 3 aromatic carbocycles. The number of phenols is 1. The van der Waals surface area contributed by atoms with E-state index in [0.717, 1.165) is 4.57 Å². The van der Waals surface area contributed by atoms with Crippen molar-refractivity contribution in [3.63, 3.8) is 0 Å². The van der Waals surface area contributed by atoms with E-state index in [9.17, 15) is 29.1 Å². The molecule has 2 aromatic heterocycles. The summed E-state index contributed by atoms with van der Waals surface area (Å²) in [6, 6.07) is 16.2. The van der Waals surface area contributed by atoms with Gasteiger partial charge in [0.2, 0.25) is 11.8 Å². The summed E-state index contributed by atoms with van der Waals surface area (Å²) >= 11 is 0. The molecule has 2 fully saturated rings. The van der Waals surface area contributed by atoms with E-state index >= 15 is 0 Å². The number of allylic oxidation sites excluding steroid dienone is 2. The standard InChI is InChI=1S/C40H40N6O9/c1-6-55-30-14-10-13-24(34(30)47)33-23-15-18-44-38(51)43(17-16-26-36(49)42(3)29-21-32(54-5)31(53-4)20-27(29)41-26)39(52)46(44)28(23)19-25-35(48)45(37(50)40(25,33)2)22-11-8-7-9-12-22/h7-15,20-21,25,28,33,47H,6,16-19H2,1-5H3. The Morgan fingerprint density at radius 2 is 1.65 bits per heavy atom. The SMILES string of the molecule is CCOc1cccc(C2C3=CCn4c(=O)n(CCc5nc6cc(OC)c(OC)cc6n(C)c5=O)c(=O)n4C3CC3C(=O)N(c4ccccc4)C(=O)C32C)c1O. The van der Waals surface area contributed by atoms with Crippen molar-refractivity contribution in [2.45, 2.75) is 51.7 Å². The summed E-state index contributed by atoms with van der Waals surface area (Å²) in [5.41, 5.74) is -0.406. The number of hydrogen-bond donors (Lipinski definition) is 1. The number of hydrogen-bond acceptors (Lipinski definition) is 10. The van der Waals surface area contributed by atoms with Gasteiger partial charge in [-0.25, -0.2) is 33.4 Å². The highest BCUT2D eigenvalue weighted by atomic mass is 16.5. The molecule has 15 heteroatoms. The zero-order chi connectivity index (χ0) is 38.9. The fourth-order valence-electron chi connectivity index (χ4n) is 8.82. The fourth-order valence-corrected chi connectivity index (χ4v) is 8.82. The predicted molar refractivity (Wildman–Crippen MR) is 201 cm³/mol. The topological polar surface area (TPSA) is 169 Å². The largest absolute Gasteiger partial charge is 0.504 e. The minimum atomic E-state index is -1.36. The first-order valence-corrected chi connectivity index (χ1v) is 18.1. The van der Waals surface area contributed by atoms with Crippen LogP contribution >= 0.6 is 0 Å². The van der Waals surface area contributed by atoms with Crippen LogP contribution in [0, 0.1) is 11.3 Å². The second kappa shape index (κ2) is 13.2. The van der Waals surface area contributed by atoms with Gasteiger partial charge in [-0.05, 0) is 44.0 Å². The van der Waals surface area contributed by atoms with Crippen molar-refractivity contribution in [2.24, 2.45) is 18.4 Å². The molecule has 1 aliphatic carbocycles. The van der Waals surface area contributed by atoms with Gasteiger partial charge in [0.25, 0.3) is 5.56 Å². The Morgan fingerprint density at radius 1 is 0.927 bits per heavy atom. The molecule has 1 saturated heterocycles. The van der Waals surface area contributed by atoms with Gasteiger partial charge in [0.1, 0.15) is 5.69 Å². The number of anilines is 1. The summed E-state index contributed by atoms with van der Waals surface area (Å²) in [5.74, 6) is -1.70. The zero-order valence-corrected chi connectivity index (χ0v) is 31.0. The summed E-state index contributed by atoms with van der Waals surface area (Å²) in [6.07, 6.45) is 1.85. The monoisotopic (exact) mass is 748 g/mol. The van der Waals surface area contributed by atoms with Crippen molar-refractivity contribution in [1.29, 1.82) is 0 Å². The normalized spacial score (nSPS) is 21.6. The Balaban J connectivity index is 1.22. The molecule has 15 nitrogen and oxygen atoms in total. The molecule has 1 saturated carbocycles. The molecule has 8 rings (SSSR count). The van der Waals surface area contributed by atoms with Gasteiger partial charge in [0, 0.05) is 43.6 Å². The van der Waals surface area contributed by atoms with Gasteiger partial charge >= 0.3 is 11.4 Å². The first kappa shape index (κ1) is 35.6. The molecule has 4 heterocycles. The average molecular weight is 749 g/mol. The summed E-state index contributed by atoms with van der Waals surface area (Å²) in [4.78, 5) is 76.6. The molecule has 284 valence electrons. The predicted octanol–water partition coefficient (Wildman–Crippen LogP) is 3.29. The van der Waals surface area contributed by atoms with Crippen LogP contribution in [0.5, 0.6) is 23.0 Å². The number of rotatable bonds is 9.